The number of alkyl carbamates (subject to hydrolysis) is 2. The Bertz CT molecular complexity index is 2310. The van der Waals surface area contributed by atoms with E-state index in [-0.39, 0.29) is 35.5 Å². The lowest BCUT2D eigenvalue weighted by Crippen LogP contribution is -2.54. The number of aromatic amines is 2. The predicted octanol–water partition coefficient (Wildman–Crippen LogP) is 5.23. The number of amides is 4. The summed E-state index contributed by atoms with van der Waals surface area (Å²) in [5.74, 6) is 7.05. The van der Waals surface area contributed by atoms with E-state index in [0.717, 1.165) is 72.5 Å². The number of imidazole rings is 2. The summed E-state index contributed by atoms with van der Waals surface area (Å²) in [6.07, 6.45) is 6.55. The number of nitrogens with one attached hydrogen (secondary N) is 4. The molecule has 2 aromatic carbocycles. The van der Waals surface area contributed by atoms with Crippen LogP contribution in [0.15, 0.2) is 42.6 Å². The van der Waals surface area contributed by atoms with Gasteiger partial charge in [0.2, 0.25) is 11.8 Å². The third-order valence-corrected chi connectivity index (χ3v) is 11.8. The standard InChI is InChI=1S/C43H49N9O7/c1-25(57-2)36(49-42(55)58-3)40(53)51-19-7-11-34(51)38-45-24-33(48-38)30-17-16-28-21-26(13-15-29(28)22-30)14-18-31-32(23-44)47-39(46-31)35-12-8-20-52(35)41(54)37(50-43(56)59-4)27-9-5-6-10-27/h13,15-17,21-22,24-25,27,34-37H,5-12,19-20H2,1-4H3,(H,45,48)(H,46,47)(H,49,55)(H,50,56)/t25-,34+,35+,36+,37+/m1/s1. The molecular weight excluding hydrogens is 755 g/mol. The molecule has 1 saturated carbocycles. The van der Waals surface area contributed by atoms with Gasteiger partial charge >= 0.3 is 12.2 Å². The SMILES string of the molecule is COC(=O)N[C@H](C(=O)N1CCC[C@H]1c1nc(C#N)c(C#Cc2ccc3cc(-c4cnc([C@@H]5CCCN5C(=O)[C@@H](NC(=O)OC)[C@@H](C)OC)[nH]4)ccc3c2)[nH]1)C1CCCC1. The molecule has 59 heavy (non-hydrogen) atoms. The zero-order valence-electron chi connectivity index (χ0n) is 33.7. The van der Waals surface area contributed by atoms with Gasteiger partial charge < -0.3 is 44.6 Å². The van der Waals surface area contributed by atoms with E-state index >= 15 is 0 Å². The Morgan fingerprint density at radius 2 is 1.47 bits per heavy atom. The van der Waals surface area contributed by atoms with E-state index in [1.54, 1.807) is 22.9 Å². The van der Waals surface area contributed by atoms with Crippen LogP contribution in [0.4, 0.5) is 9.59 Å². The summed E-state index contributed by atoms with van der Waals surface area (Å²) < 4.78 is 15.0. The zero-order chi connectivity index (χ0) is 41.6. The predicted molar refractivity (Wildman–Crippen MR) is 215 cm³/mol. The zero-order valence-corrected chi connectivity index (χ0v) is 33.7. The van der Waals surface area contributed by atoms with Crippen LogP contribution in [0.5, 0.6) is 0 Å². The number of hydrogen-bond donors (Lipinski definition) is 4. The van der Waals surface area contributed by atoms with E-state index in [4.69, 9.17) is 14.2 Å². The number of H-pyrrole nitrogens is 2. The summed E-state index contributed by atoms with van der Waals surface area (Å²) in [7, 11) is 4.03. The van der Waals surface area contributed by atoms with Crippen molar-refractivity contribution >= 4 is 34.8 Å². The smallest absolute Gasteiger partial charge is 0.407 e. The van der Waals surface area contributed by atoms with Crippen molar-refractivity contribution in [2.24, 2.45) is 5.92 Å². The van der Waals surface area contributed by atoms with E-state index in [2.05, 4.69) is 54.5 Å². The molecule has 5 atom stereocenters. The van der Waals surface area contributed by atoms with E-state index in [1.807, 2.05) is 30.3 Å². The molecule has 4 aromatic rings. The fourth-order valence-electron chi connectivity index (χ4n) is 8.55. The van der Waals surface area contributed by atoms with Crippen LogP contribution in [0.2, 0.25) is 0 Å². The van der Waals surface area contributed by atoms with Crippen molar-refractivity contribution < 1.29 is 33.4 Å². The lowest BCUT2D eigenvalue weighted by Gasteiger charge is -2.31. The molecule has 16 nitrogen and oxygen atoms in total. The van der Waals surface area contributed by atoms with E-state index < -0.39 is 30.4 Å². The van der Waals surface area contributed by atoms with E-state index in [9.17, 15) is 24.4 Å². The van der Waals surface area contributed by atoms with Gasteiger partial charge in [0, 0.05) is 31.3 Å². The number of ether oxygens (including phenoxy) is 3. The second-order valence-electron chi connectivity index (χ2n) is 15.3. The Balaban J connectivity index is 1.05. The van der Waals surface area contributed by atoms with Crippen LogP contribution < -0.4 is 10.6 Å². The number of nitriles is 1. The number of carbonyl (C=O) groups excluding carboxylic acids is 4. The van der Waals surface area contributed by atoms with Gasteiger partial charge in [-0.3, -0.25) is 9.59 Å². The van der Waals surface area contributed by atoms with Crippen molar-refractivity contribution in [1.82, 2.24) is 40.4 Å². The maximum absolute atomic E-state index is 13.9. The van der Waals surface area contributed by atoms with E-state index in [0.29, 0.717) is 36.9 Å². The van der Waals surface area contributed by atoms with Crippen LogP contribution in [0.3, 0.4) is 0 Å². The molecule has 7 rings (SSSR count). The van der Waals surface area contributed by atoms with Crippen molar-refractivity contribution in [2.75, 3.05) is 34.4 Å². The molecule has 0 spiro atoms. The number of nitrogens with zero attached hydrogens (tertiary/aromatic N) is 5. The Morgan fingerprint density at radius 1 is 0.814 bits per heavy atom. The molecular formula is C43H49N9O7. The Labute approximate surface area is 342 Å². The average molecular weight is 804 g/mol. The van der Waals surface area contributed by atoms with Gasteiger partial charge in [-0.1, -0.05) is 37.0 Å². The summed E-state index contributed by atoms with van der Waals surface area (Å²) in [6, 6.07) is 11.8. The molecule has 16 heteroatoms. The molecule has 3 aliphatic rings. The molecule has 3 fully saturated rings. The van der Waals surface area contributed by atoms with Crippen molar-refractivity contribution in [1.29, 1.82) is 5.26 Å². The summed E-state index contributed by atoms with van der Waals surface area (Å²) in [5.41, 5.74) is 2.99. The van der Waals surface area contributed by atoms with Gasteiger partial charge in [-0.05, 0) is 86.3 Å². The van der Waals surface area contributed by atoms with Gasteiger partial charge in [0.25, 0.3) is 0 Å². The fraction of sp³-hybridized carbons (Fsp3) is 0.465. The summed E-state index contributed by atoms with van der Waals surface area (Å²) in [5, 5.41) is 17.3. The molecule has 0 bridgehead atoms. The van der Waals surface area contributed by atoms with Gasteiger partial charge in [-0.25, -0.2) is 19.6 Å². The number of aromatic nitrogens is 4. The second kappa shape index (κ2) is 18.0. The minimum absolute atomic E-state index is 0.0400. The van der Waals surface area contributed by atoms with Gasteiger partial charge in [0.05, 0.1) is 44.3 Å². The quantitative estimate of drug-likeness (QED) is 0.154. The number of fused-ring (bicyclic) bond motifs is 1. The fourth-order valence-corrected chi connectivity index (χ4v) is 8.55. The first-order chi connectivity index (χ1) is 28.6. The number of likely N-dealkylation sites (tertiary alicyclic amines) is 2. The van der Waals surface area contributed by atoms with Crippen molar-refractivity contribution in [3.05, 3.63) is 71.2 Å². The Kier molecular flexibility index (Phi) is 12.5. The molecule has 4 N–H and O–H groups in total. The number of benzene rings is 2. The lowest BCUT2D eigenvalue weighted by atomic mass is 9.96. The third kappa shape index (κ3) is 8.73. The largest absolute Gasteiger partial charge is 0.453 e. The van der Waals surface area contributed by atoms with Gasteiger partial charge in [0.15, 0.2) is 5.69 Å². The first-order valence-corrected chi connectivity index (χ1v) is 20.1. The first-order valence-electron chi connectivity index (χ1n) is 20.1. The average Bonchev–Trinajstić information content (AvgIpc) is 4.12. The number of rotatable bonds is 10. The molecule has 1 aliphatic carbocycles. The molecule has 2 aromatic heterocycles. The molecule has 0 unspecified atom stereocenters. The van der Waals surface area contributed by atoms with Gasteiger partial charge in [-0.2, -0.15) is 5.26 Å². The highest BCUT2D eigenvalue weighted by Crippen LogP contribution is 2.36. The second-order valence-corrected chi connectivity index (χ2v) is 15.3. The number of methoxy groups -OCH3 is 3. The molecule has 4 amide bonds. The lowest BCUT2D eigenvalue weighted by molar-refractivity contribution is -0.137. The van der Waals surface area contributed by atoms with Gasteiger partial charge in [0.1, 0.15) is 35.5 Å². The maximum Gasteiger partial charge on any atom is 0.407 e. The van der Waals surface area contributed by atoms with Gasteiger partial charge in [-0.15, -0.1) is 0 Å². The molecule has 2 saturated heterocycles. The third-order valence-electron chi connectivity index (χ3n) is 11.8. The van der Waals surface area contributed by atoms with E-state index in [1.165, 1.54) is 21.3 Å². The van der Waals surface area contributed by atoms with Crippen LogP contribution in [0, 0.1) is 29.1 Å². The number of carbonyl (C=O) groups is 4. The van der Waals surface area contributed by atoms with Crippen molar-refractivity contribution in [2.45, 2.75) is 88.6 Å². The minimum atomic E-state index is -0.916. The van der Waals surface area contributed by atoms with Crippen LogP contribution >= 0.6 is 0 Å². The summed E-state index contributed by atoms with van der Waals surface area (Å²) in [6.45, 7) is 2.77. The van der Waals surface area contributed by atoms with Crippen LogP contribution in [-0.2, 0) is 23.8 Å². The minimum Gasteiger partial charge on any atom is -0.453 e. The van der Waals surface area contributed by atoms with Crippen molar-refractivity contribution in [3.8, 4) is 29.2 Å². The van der Waals surface area contributed by atoms with Crippen LogP contribution in [0.25, 0.3) is 22.0 Å². The van der Waals surface area contributed by atoms with Crippen LogP contribution in [-0.4, -0.2) is 106 Å². The topological polar surface area (TPSA) is 208 Å². The summed E-state index contributed by atoms with van der Waals surface area (Å²) in [4.78, 5) is 71.2. The molecule has 4 heterocycles. The normalized spacial score (nSPS) is 19.4. The summed E-state index contributed by atoms with van der Waals surface area (Å²) >= 11 is 0. The molecule has 2 aliphatic heterocycles. The van der Waals surface area contributed by atoms with Crippen molar-refractivity contribution in [3.63, 3.8) is 0 Å². The molecule has 0 radical (unpaired) electrons. The highest BCUT2D eigenvalue weighted by molar-refractivity contribution is 5.89. The monoisotopic (exact) mass is 803 g/mol. The molecule has 308 valence electrons. The number of hydrogen-bond acceptors (Lipinski definition) is 10. The Hall–Kier alpha value is -6.39. The first kappa shape index (κ1) is 40.8. The maximum atomic E-state index is 13.9. The Morgan fingerprint density at radius 3 is 2.17 bits per heavy atom. The highest BCUT2D eigenvalue weighted by Gasteiger charge is 2.41. The highest BCUT2D eigenvalue weighted by atomic mass is 16.5. The van der Waals surface area contributed by atoms with Crippen LogP contribution in [0.1, 0.15) is 99.0 Å².